The van der Waals surface area contributed by atoms with Crippen LogP contribution in [0.2, 0.25) is 0 Å². The molecule has 0 aliphatic heterocycles. The van der Waals surface area contributed by atoms with E-state index in [1.54, 1.807) is 0 Å². The van der Waals surface area contributed by atoms with E-state index in [9.17, 15) is 9.59 Å². The third kappa shape index (κ3) is 31.5. The molecule has 0 heterocycles. The second-order valence-electron chi connectivity index (χ2n) is 2.44. The molecule has 0 aromatic rings. The first-order chi connectivity index (χ1) is 6.54. The van der Waals surface area contributed by atoms with Gasteiger partial charge < -0.3 is 20.4 Å². The molecule has 0 atom stereocenters. The third-order valence-corrected chi connectivity index (χ3v) is 1.10. The maximum absolute atomic E-state index is 9.65. The predicted molar refractivity (Wildman–Crippen MR) is 53.7 cm³/mol. The maximum atomic E-state index is 9.65. The van der Waals surface area contributed by atoms with Crippen LogP contribution < -0.4 is 0 Å². The van der Waals surface area contributed by atoms with Gasteiger partial charge in [-0.25, -0.2) is 0 Å². The first kappa shape index (κ1) is 20.5. The number of hydrogen-bond acceptors (Lipinski definition) is 4. The van der Waals surface area contributed by atoms with Gasteiger partial charge >= 0.3 is 11.9 Å². The molecule has 0 unspecified atom stereocenters. The summed E-state index contributed by atoms with van der Waals surface area (Å²) in [5.41, 5.74) is 0. The Balaban J connectivity index is -0.000000180. The molecule has 86 valence electrons. The Hall–Kier alpha value is 0.120. The van der Waals surface area contributed by atoms with Gasteiger partial charge in [0.2, 0.25) is 0 Å². The van der Waals surface area contributed by atoms with Crippen molar-refractivity contribution in [3.05, 3.63) is 0 Å². The molecular weight excluding hydrogens is 232 g/mol. The summed E-state index contributed by atoms with van der Waals surface area (Å²) in [5.74, 6) is -1.71. The standard InChI is InChI=1S/2C4H8O3.Ca/c2*5-3-1-2-4(6)7;/h2*5H,1-3H2,(H,6,7);. The van der Waals surface area contributed by atoms with E-state index in [0.29, 0.717) is 12.8 Å². The molecule has 0 spiro atoms. The van der Waals surface area contributed by atoms with E-state index in [4.69, 9.17) is 20.4 Å². The van der Waals surface area contributed by atoms with Crippen LogP contribution in [-0.2, 0) is 9.59 Å². The van der Waals surface area contributed by atoms with E-state index in [1.807, 2.05) is 0 Å². The van der Waals surface area contributed by atoms with Crippen molar-refractivity contribution < 1.29 is 30.0 Å². The van der Waals surface area contributed by atoms with Crippen molar-refractivity contribution in [3.8, 4) is 0 Å². The van der Waals surface area contributed by atoms with Gasteiger partial charge in [-0.15, -0.1) is 0 Å². The molecule has 4 N–H and O–H groups in total. The van der Waals surface area contributed by atoms with Gasteiger partial charge in [-0.1, -0.05) is 0 Å². The van der Waals surface area contributed by atoms with Gasteiger partial charge in [0.15, 0.2) is 0 Å². The van der Waals surface area contributed by atoms with Crippen LogP contribution in [0.15, 0.2) is 0 Å². The molecule has 15 heavy (non-hydrogen) atoms. The Morgan fingerprint density at radius 3 is 1.13 bits per heavy atom. The SMILES string of the molecule is O=C(O)CCCO.O=C(O)CCCO.[Ca]. The fourth-order valence-corrected chi connectivity index (χ4v) is 0.461. The quantitative estimate of drug-likeness (QED) is 0.462. The zero-order valence-electron chi connectivity index (χ0n) is 8.56. The summed E-state index contributed by atoms with van der Waals surface area (Å²) in [6.07, 6.45) is 0.845. The first-order valence-electron chi connectivity index (χ1n) is 4.20. The molecule has 0 rings (SSSR count). The van der Waals surface area contributed by atoms with Crippen LogP contribution in [0, 0.1) is 0 Å². The zero-order chi connectivity index (χ0) is 11.4. The number of rotatable bonds is 6. The molecule has 7 heteroatoms. The van der Waals surface area contributed by atoms with Crippen LogP contribution in [0.1, 0.15) is 25.7 Å². The van der Waals surface area contributed by atoms with Gasteiger partial charge in [-0.3, -0.25) is 9.59 Å². The Kier molecular flexibility index (Phi) is 22.6. The largest absolute Gasteiger partial charge is 0.481 e. The number of aliphatic carboxylic acids is 2. The number of carbonyl (C=O) groups is 2. The van der Waals surface area contributed by atoms with Gasteiger partial charge in [-0.2, -0.15) is 0 Å². The van der Waals surface area contributed by atoms with E-state index in [-0.39, 0.29) is 63.8 Å². The normalized spacial score (nSPS) is 8.13. The van der Waals surface area contributed by atoms with Crippen LogP contribution in [0.25, 0.3) is 0 Å². The molecule has 0 amide bonds. The van der Waals surface area contributed by atoms with Gasteiger partial charge in [0, 0.05) is 63.8 Å². The number of carboxylic acids is 2. The van der Waals surface area contributed by atoms with Crippen molar-refractivity contribution in [2.24, 2.45) is 0 Å². The van der Waals surface area contributed by atoms with Crippen LogP contribution in [-0.4, -0.2) is 83.3 Å². The second-order valence-corrected chi connectivity index (χ2v) is 2.44. The van der Waals surface area contributed by atoms with E-state index in [2.05, 4.69) is 0 Å². The molecule has 0 aliphatic rings. The first-order valence-corrected chi connectivity index (χ1v) is 4.20. The molecule has 0 aromatic carbocycles. The average molecular weight is 248 g/mol. The summed E-state index contributed by atoms with van der Waals surface area (Å²) < 4.78 is 0. The summed E-state index contributed by atoms with van der Waals surface area (Å²) in [5, 5.41) is 32.0. The Labute approximate surface area is 118 Å². The van der Waals surface area contributed by atoms with Crippen molar-refractivity contribution in [1.29, 1.82) is 0 Å². The summed E-state index contributed by atoms with van der Waals surface area (Å²) in [6, 6.07) is 0. The number of aliphatic hydroxyl groups is 2. The van der Waals surface area contributed by atoms with Crippen molar-refractivity contribution in [3.63, 3.8) is 0 Å². The van der Waals surface area contributed by atoms with Crippen molar-refractivity contribution in [1.82, 2.24) is 0 Å². The Morgan fingerprint density at radius 2 is 1.07 bits per heavy atom. The minimum atomic E-state index is -0.853. The summed E-state index contributed by atoms with van der Waals surface area (Å²) in [7, 11) is 0. The molecule has 0 saturated heterocycles. The van der Waals surface area contributed by atoms with Gasteiger partial charge in [-0.05, 0) is 12.8 Å². The maximum Gasteiger partial charge on any atom is 0.303 e. The van der Waals surface area contributed by atoms with E-state index < -0.39 is 11.9 Å². The molecule has 0 fully saturated rings. The van der Waals surface area contributed by atoms with Crippen LogP contribution in [0.5, 0.6) is 0 Å². The molecule has 0 bridgehead atoms. The topological polar surface area (TPSA) is 115 Å². The summed E-state index contributed by atoms with van der Waals surface area (Å²) in [6.45, 7) is -0.0708. The second kappa shape index (κ2) is 16.5. The van der Waals surface area contributed by atoms with Crippen molar-refractivity contribution in [2.45, 2.75) is 25.7 Å². The van der Waals surface area contributed by atoms with Crippen molar-refractivity contribution in [2.75, 3.05) is 13.2 Å². The van der Waals surface area contributed by atoms with E-state index >= 15 is 0 Å². The monoisotopic (exact) mass is 248 g/mol. The van der Waals surface area contributed by atoms with Crippen LogP contribution in [0.3, 0.4) is 0 Å². The number of carboxylic acid groups (broad SMARTS) is 2. The smallest absolute Gasteiger partial charge is 0.303 e. The molecule has 6 nitrogen and oxygen atoms in total. The average Bonchev–Trinajstić information content (AvgIpc) is 2.12. The minimum absolute atomic E-state index is 0. The zero-order valence-corrected chi connectivity index (χ0v) is 10.8. The molecule has 0 saturated carbocycles. The summed E-state index contributed by atoms with van der Waals surface area (Å²) in [4.78, 5) is 19.3. The fraction of sp³-hybridized carbons (Fsp3) is 0.750. The number of aliphatic hydroxyl groups excluding tert-OH is 2. The fourth-order valence-electron chi connectivity index (χ4n) is 0.461. The summed E-state index contributed by atoms with van der Waals surface area (Å²) >= 11 is 0. The Morgan fingerprint density at radius 1 is 0.800 bits per heavy atom. The predicted octanol–water partition coefficient (Wildman–Crippen LogP) is -0.694. The Bertz CT molecular complexity index is 143. The molecule has 0 aromatic heterocycles. The molecule has 0 aliphatic carbocycles. The van der Waals surface area contributed by atoms with Gasteiger partial charge in [0.25, 0.3) is 0 Å². The van der Waals surface area contributed by atoms with Gasteiger partial charge in [0.1, 0.15) is 0 Å². The van der Waals surface area contributed by atoms with E-state index in [1.165, 1.54) is 0 Å². The molecule has 2 radical (unpaired) electrons. The van der Waals surface area contributed by atoms with Crippen LogP contribution in [0.4, 0.5) is 0 Å². The van der Waals surface area contributed by atoms with E-state index in [0.717, 1.165) is 0 Å². The molecular formula is C8H16CaO6. The van der Waals surface area contributed by atoms with Crippen molar-refractivity contribution >= 4 is 49.7 Å². The third-order valence-electron chi connectivity index (χ3n) is 1.10. The van der Waals surface area contributed by atoms with Gasteiger partial charge in [0.05, 0.1) is 0 Å². The van der Waals surface area contributed by atoms with Crippen LogP contribution >= 0.6 is 0 Å². The number of hydrogen-bond donors (Lipinski definition) is 4. The minimum Gasteiger partial charge on any atom is -0.481 e.